The van der Waals surface area contributed by atoms with Crippen LogP contribution in [0.5, 0.6) is 11.5 Å². The number of anilines is 1. The molecule has 0 aliphatic carbocycles. The van der Waals surface area contributed by atoms with Crippen molar-refractivity contribution in [2.75, 3.05) is 44.2 Å². The normalized spacial score (nSPS) is 16.5. The highest BCUT2D eigenvalue weighted by Crippen LogP contribution is 2.51. The van der Waals surface area contributed by atoms with Gasteiger partial charge in [0, 0.05) is 37.8 Å². The zero-order valence-corrected chi connectivity index (χ0v) is 24.6. The fourth-order valence-electron chi connectivity index (χ4n) is 6.36. The summed E-state index contributed by atoms with van der Waals surface area (Å²) >= 11 is 0. The second kappa shape index (κ2) is 12.4. The second-order valence-electron chi connectivity index (χ2n) is 11.4. The molecule has 1 amide bonds. The Kier molecular flexibility index (Phi) is 8.40. The molecule has 44 heavy (non-hydrogen) atoms. The fraction of sp³-hybridized carbons (Fsp3) is 0.394. The predicted molar refractivity (Wildman–Crippen MR) is 162 cm³/mol. The summed E-state index contributed by atoms with van der Waals surface area (Å²) in [6.45, 7) is 3.02. The third kappa shape index (κ3) is 6.19. The fourth-order valence-corrected chi connectivity index (χ4v) is 6.36. The smallest absolute Gasteiger partial charge is 0.408 e. The molecule has 2 aliphatic heterocycles. The SMILES string of the molecule is Cn1c(N2CCCN(CCCCC3(OC(=O)NCC(F)(F)F)c4ccccc4Oc4ccccc43)CC2)nc2ccccc21. The van der Waals surface area contributed by atoms with Crippen molar-refractivity contribution >= 4 is 23.1 Å². The van der Waals surface area contributed by atoms with Crippen LogP contribution in [0.15, 0.2) is 72.8 Å². The number of hydrogen-bond donors (Lipinski definition) is 1. The maximum absolute atomic E-state index is 12.9. The first-order chi connectivity index (χ1) is 21.2. The summed E-state index contributed by atoms with van der Waals surface area (Å²) < 4.78 is 53.0. The molecule has 0 spiro atoms. The summed E-state index contributed by atoms with van der Waals surface area (Å²) in [6.07, 6.45) is -2.77. The van der Waals surface area contributed by atoms with Crippen LogP contribution in [-0.2, 0) is 17.4 Å². The molecule has 1 N–H and O–H groups in total. The number of halogens is 3. The minimum absolute atomic E-state index is 0.393. The van der Waals surface area contributed by atoms with E-state index in [1.54, 1.807) is 12.1 Å². The Labute approximate surface area is 254 Å². The molecule has 0 atom stereocenters. The van der Waals surface area contributed by atoms with Gasteiger partial charge in [-0.05, 0) is 63.0 Å². The van der Waals surface area contributed by atoms with Crippen LogP contribution in [0.3, 0.4) is 0 Å². The molecule has 1 fully saturated rings. The minimum atomic E-state index is -4.55. The third-order valence-electron chi connectivity index (χ3n) is 8.45. The summed E-state index contributed by atoms with van der Waals surface area (Å²) in [5.41, 5.74) is 2.05. The molecular formula is C33H36F3N5O3. The molecule has 2 aliphatic rings. The van der Waals surface area contributed by atoms with E-state index in [-0.39, 0.29) is 0 Å². The maximum Gasteiger partial charge on any atom is 0.408 e. The first-order valence-corrected chi connectivity index (χ1v) is 15.0. The summed E-state index contributed by atoms with van der Waals surface area (Å²) in [7, 11) is 2.06. The van der Waals surface area contributed by atoms with Gasteiger partial charge in [0.05, 0.1) is 11.0 Å². The van der Waals surface area contributed by atoms with E-state index in [2.05, 4.69) is 27.5 Å². The Hall–Kier alpha value is -4.25. The molecule has 1 saturated heterocycles. The van der Waals surface area contributed by atoms with E-state index >= 15 is 0 Å². The molecule has 8 nitrogen and oxygen atoms in total. The highest BCUT2D eigenvalue weighted by Gasteiger charge is 2.45. The Balaban J connectivity index is 1.14. The van der Waals surface area contributed by atoms with Crippen LogP contribution in [0, 0.1) is 0 Å². The third-order valence-corrected chi connectivity index (χ3v) is 8.45. The maximum atomic E-state index is 12.9. The van der Waals surface area contributed by atoms with Gasteiger partial charge < -0.3 is 29.2 Å². The van der Waals surface area contributed by atoms with Crippen molar-refractivity contribution in [3.63, 3.8) is 0 Å². The number of alkyl halides is 3. The number of carbonyl (C=O) groups excluding carboxylic acids is 1. The Morgan fingerprint density at radius 1 is 0.932 bits per heavy atom. The molecule has 0 saturated carbocycles. The van der Waals surface area contributed by atoms with Crippen LogP contribution in [0.25, 0.3) is 11.0 Å². The number of fused-ring (bicyclic) bond motifs is 3. The van der Waals surface area contributed by atoms with Crippen LogP contribution in [0.2, 0.25) is 0 Å². The van der Waals surface area contributed by atoms with Gasteiger partial charge in [-0.2, -0.15) is 13.2 Å². The van der Waals surface area contributed by atoms with Crippen LogP contribution < -0.4 is 15.0 Å². The summed E-state index contributed by atoms with van der Waals surface area (Å²) in [6, 6.07) is 22.6. The van der Waals surface area contributed by atoms with Gasteiger partial charge >= 0.3 is 12.3 Å². The van der Waals surface area contributed by atoms with Crippen molar-refractivity contribution in [3.8, 4) is 11.5 Å². The number of imidazole rings is 1. The van der Waals surface area contributed by atoms with Gasteiger partial charge in [-0.15, -0.1) is 0 Å². The summed E-state index contributed by atoms with van der Waals surface area (Å²) in [4.78, 5) is 22.5. The quantitative estimate of drug-likeness (QED) is 0.228. The average molecular weight is 608 g/mol. The lowest BCUT2D eigenvalue weighted by atomic mass is 9.79. The van der Waals surface area contributed by atoms with E-state index in [4.69, 9.17) is 14.5 Å². The van der Waals surface area contributed by atoms with Crippen molar-refractivity contribution < 1.29 is 27.4 Å². The minimum Gasteiger partial charge on any atom is -0.456 e. The number of rotatable bonds is 8. The molecule has 3 heterocycles. The van der Waals surface area contributed by atoms with Crippen molar-refractivity contribution in [3.05, 3.63) is 83.9 Å². The standard InChI is InChI=1S/C33H36F3N5O3/c1-39-27-14-5-4-13-26(27)38-30(39)41-20-10-19-40(21-22-41)18-9-8-17-32(44-31(42)37-23-33(34,35)36)24-11-2-6-15-28(24)43-29-16-7-3-12-25(29)32/h2-7,11-16H,8-10,17-23H2,1H3,(H,37,42). The molecular weight excluding hydrogens is 571 g/mol. The van der Waals surface area contributed by atoms with Crippen molar-refractivity contribution in [1.29, 1.82) is 0 Å². The zero-order valence-electron chi connectivity index (χ0n) is 24.6. The monoisotopic (exact) mass is 607 g/mol. The van der Waals surface area contributed by atoms with Crippen molar-refractivity contribution in [2.45, 2.75) is 37.5 Å². The van der Waals surface area contributed by atoms with Crippen LogP contribution in [0.1, 0.15) is 36.8 Å². The number of aryl methyl sites for hydroxylation is 1. The molecule has 3 aromatic carbocycles. The predicted octanol–water partition coefficient (Wildman–Crippen LogP) is 6.59. The molecule has 0 unspecified atom stereocenters. The van der Waals surface area contributed by atoms with Crippen molar-refractivity contribution in [2.24, 2.45) is 7.05 Å². The molecule has 11 heteroatoms. The lowest BCUT2D eigenvalue weighted by molar-refractivity contribution is -0.124. The number of carbonyl (C=O) groups is 1. The Morgan fingerprint density at radius 3 is 2.32 bits per heavy atom. The van der Waals surface area contributed by atoms with E-state index < -0.39 is 24.4 Å². The van der Waals surface area contributed by atoms with Gasteiger partial charge in [-0.3, -0.25) is 0 Å². The number of unbranched alkanes of at least 4 members (excludes halogenated alkanes) is 1. The van der Waals surface area contributed by atoms with E-state index in [0.29, 0.717) is 35.5 Å². The Morgan fingerprint density at radius 2 is 1.61 bits per heavy atom. The van der Waals surface area contributed by atoms with E-state index in [9.17, 15) is 18.0 Å². The number of nitrogens with zero attached hydrogens (tertiary/aromatic N) is 4. The lowest BCUT2D eigenvalue weighted by Crippen LogP contribution is -2.42. The van der Waals surface area contributed by atoms with Gasteiger partial charge in [0.2, 0.25) is 5.95 Å². The highest BCUT2D eigenvalue weighted by molar-refractivity contribution is 5.78. The van der Waals surface area contributed by atoms with Crippen molar-refractivity contribution in [1.82, 2.24) is 19.8 Å². The first kappa shape index (κ1) is 29.8. The number of para-hydroxylation sites is 4. The molecule has 1 aromatic heterocycles. The largest absolute Gasteiger partial charge is 0.456 e. The Bertz CT molecular complexity index is 1580. The molecule has 6 rings (SSSR count). The first-order valence-electron chi connectivity index (χ1n) is 15.0. The van der Waals surface area contributed by atoms with Gasteiger partial charge in [0.15, 0.2) is 5.60 Å². The van der Waals surface area contributed by atoms with Crippen LogP contribution in [0.4, 0.5) is 23.9 Å². The number of aromatic nitrogens is 2. The van der Waals surface area contributed by atoms with Gasteiger partial charge in [-0.25, -0.2) is 9.78 Å². The van der Waals surface area contributed by atoms with Crippen LogP contribution >= 0.6 is 0 Å². The van der Waals surface area contributed by atoms with Gasteiger partial charge in [0.25, 0.3) is 0 Å². The zero-order chi connectivity index (χ0) is 30.7. The molecule has 0 radical (unpaired) electrons. The van der Waals surface area contributed by atoms with Crippen LogP contribution in [-0.4, -0.2) is 66.0 Å². The molecule has 0 bridgehead atoms. The topological polar surface area (TPSA) is 71.9 Å². The molecule has 232 valence electrons. The van der Waals surface area contributed by atoms with E-state index in [1.165, 1.54) is 0 Å². The number of nitrogens with one attached hydrogen (secondary N) is 1. The number of alkyl carbamates (subject to hydrolysis) is 1. The van der Waals surface area contributed by atoms with Gasteiger partial charge in [-0.1, -0.05) is 48.5 Å². The van der Waals surface area contributed by atoms with E-state index in [0.717, 1.165) is 62.5 Å². The summed E-state index contributed by atoms with van der Waals surface area (Å²) in [5, 5.41) is 1.89. The van der Waals surface area contributed by atoms with Gasteiger partial charge in [0.1, 0.15) is 18.0 Å². The number of ether oxygens (including phenoxy) is 2. The number of amides is 1. The second-order valence-corrected chi connectivity index (χ2v) is 11.4. The highest BCUT2D eigenvalue weighted by atomic mass is 19.4. The number of benzene rings is 3. The lowest BCUT2D eigenvalue weighted by Gasteiger charge is -2.39. The molecule has 4 aromatic rings. The average Bonchev–Trinajstić information content (AvgIpc) is 3.17. The summed E-state index contributed by atoms with van der Waals surface area (Å²) in [5.74, 6) is 2.02. The number of hydrogen-bond acceptors (Lipinski definition) is 6. The van der Waals surface area contributed by atoms with E-state index in [1.807, 2.05) is 59.9 Å².